The molecule has 0 radical (unpaired) electrons. The number of hydrogen-bond acceptors (Lipinski definition) is 2. The molecule has 1 heterocycles. The highest BCUT2D eigenvalue weighted by molar-refractivity contribution is 5.77. The van der Waals surface area contributed by atoms with Gasteiger partial charge in [0, 0.05) is 6.04 Å². The molecule has 2 N–H and O–H groups in total. The summed E-state index contributed by atoms with van der Waals surface area (Å²) >= 11 is 0. The zero-order chi connectivity index (χ0) is 12.3. The summed E-state index contributed by atoms with van der Waals surface area (Å²) in [6.45, 7) is 2.94. The van der Waals surface area contributed by atoms with Crippen molar-refractivity contribution in [3.63, 3.8) is 0 Å². The normalized spacial score (nSPS) is 22.1. The predicted molar refractivity (Wildman–Crippen MR) is 67.2 cm³/mol. The van der Waals surface area contributed by atoms with Gasteiger partial charge in [0.15, 0.2) is 0 Å². The Hall–Kier alpha value is -1.35. The van der Waals surface area contributed by atoms with E-state index in [0.717, 1.165) is 36.9 Å². The highest BCUT2D eigenvalue weighted by Gasteiger charge is 2.30. The molecule has 1 aromatic rings. The molecule has 0 amide bonds. The summed E-state index contributed by atoms with van der Waals surface area (Å²) in [5.41, 5.74) is 2.07. The van der Waals surface area contributed by atoms with Crippen LogP contribution in [-0.4, -0.2) is 23.7 Å². The number of piperidine rings is 1. The van der Waals surface area contributed by atoms with Crippen LogP contribution in [0.15, 0.2) is 24.3 Å². The summed E-state index contributed by atoms with van der Waals surface area (Å²) < 4.78 is 0. The van der Waals surface area contributed by atoms with Crippen molar-refractivity contribution in [2.75, 3.05) is 6.54 Å². The van der Waals surface area contributed by atoms with Crippen LogP contribution in [-0.2, 0) is 4.79 Å². The van der Waals surface area contributed by atoms with Crippen molar-refractivity contribution in [2.45, 2.75) is 38.1 Å². The van der Waals surface area contributed by atoms with Crippen LogP contribution < -0.4 is 5.32 Å². The maximum Gasteiger partial charge on any atom is 0.312 e. The fourth-order valence-corrected chi connectivity index (χ4v) is 2.48. The van der Waals surface area contributed by atoms with E-state index in [4.69, 9.17) is 0 Å². The topological polar surface area (TPSA) is 49.3 Å². The molecule has 3 nitrogen and oxygen atoms in total. The molecule has 3 heteroatoms. The number of benzene rings is 1. The first-order valence-corrected chi connectivity index (χ1v) is 6.21. The summed E-state index contributed by atoms with van der Waals surface area (Å²) in [7, 11) is 0. The fourth-order valence-electron chi connectivity index (χ4n) is 2.48. The van der Waals surface area contributed by atoms with Gasteiger partial charge in [-0.3, -0.25) is 4.79 Å². The summed E-state index contributed by atoms with van der Waals surface area (Å²) in [5, 5.41) is 12.7. The predicted octanol–water partition coefficient (Wildman–Crippen LogP) is 2.31. The van der Waals surface area contributed by atoms with E-state index in [9.17, 15) is 9.90 Å². The minimum absolute atomic E-state index is 0.0731. The maximum atomic E-state index is 11.4. The number of nitrogens with one attached hydrogen (secondary N) is 1. The number of aryl methyl sites for hydroxylation is 1. The highest BCUT2D eigenvalue weighted by Crippen LogP contribution is 2.25. The van der Waals surface area contributed by atoms with Crippen molar-refractivity contribution in [1.82, 2.24) is 5.32 Å². The third-order valence-corrected chi connectivity index (χ3v) is 3.45. The molecule has 1 aliphatic heterocycles. The first-order valence-electron chi connectivity index (χ1n) is 6.21. The van der Waals surface area contributed by atoms with Crippen LogP contribution in [0.3, 0.4) is 0 Å². The first-order chi connectivity index (χ1) is 8.18. The second-order valence-corrected chi connectivity index (χ2v) is 4.78. The van der Waals surface area contributed by atoms with Gasteiger partial charge in [-0.15, -0.1) is 0 Å². The van der Waals surface area contributed by atoms with Gasteiger partial charge in [-0.25, -0.2) is 0 Å². The second kappa shape index (κ2) is 5.32. The quantitative estimate of drug-likeness (QED) is 0.842. The molecule has 0 bridgehead atoms. The van der Waals surface area contributed by atoms with E-state index in [-0.39, 0.29) is 6.04 Å². The Labute approximate surface area is 102 Å². The van der Waals surface area contributed by atoms with Crippen LogP contribution in [0.25, 0.3) is 0 Å². The van der Waals surface area contributed by atoms with Crippen LogP contribution in [0.4, 0.5) is 0 Å². The maximum absolute atomic E-state index is 11.4. The van der Waals surface area contributed by atoms with E-state index in [2.05, 4.69) is 5.32 Å². The molecule has 2 rings (SSSR count). The average Bonchev–Trinajstić information content (AvgIpc) is 2.33. The minimum Gasteiger partial charge on any atom is -0.481 e. The van der Waals surface area contributed by atoms with Crippen molar-refractivity contribution in [2.24, 2.45) is 0 Å². The number of hydrogen-bond donors (Lipinski definition) is 2. The van der Waals surface area contributed by atoms with E-state index in [1.54, 1.807) is 0 Å². The molecule has 0 aliphatic carbocycles. The van der Waals surface area contributed by atoms with Crippen LogP contribution in [0.1, 0.15) is 36.3 Å². The van der Waals surface area contributed by atoms with Gasteiger partial charge in [-0.05, 0) is 31.9 Å². The Bertz CT molecular complexity index is 380. The lowest BCUT2D eigenvalue weighted by atomic mass is 9.86. The van der Waals surface area contributed by atoms with E-state index >= 15 is 0 Å². The van der Waals surface area contributed by atoms with Gasteiger partial charge < -0.3 is 10.4 Å². The lowest BCUT2D eigenvalue weighted by Crippen LogP contribution is -2.41. The Morgan fingerprint density at radius 2 is 2.06 bits per heavy atom. The Balaban J connectivity index is 2.21. The second-order valence-electron chi connectivity index (χ2n) is 4.78. The molecule has 17 heavy (non-hydrogen) atoms. The van der Waals surface area contributed by atoms with Crippen molar-refractivity contribution >= 4 is 5.97 Å². The number of rotatable bonds is 3. The standard InChI is InChI=1S/C14H19NO2/c1-10-5-7-11(8-6-10)13(14(16)17)12-4-2-3-9-15-12/h5-8,12-13,15H,2-4,9H2,1H3,(H,16,17). The lowest BCUT2D eigenvalue weighted by Gasteiger charge is -2.29. The van der Waals surface area contributed by atoms with E-state index < -0.39 is 11.9 Å². The summed E-state index contributed by atoms with van der Waals surface area (Å²) in [6, 6.07) is 7.90. The van der Waals surface area contributed by atoms with E-state index in [1.807, 2.05) is 31.2 Å². The smallest absolute Gasteiger partial charge is 0.312 e. The Morgan fingerprint density at radius 1 is 1.35 bits per heavy atom. The van der Waals surface area contributed by atoms with Gasteiger partial charge in [0.05, 0.1) is 5.92 Å². The molecule has 2 unspecified atom stereocenters. The number of carboxylic acid groups (broad SMARTS) is 1. The van der Waals surface area contributed by atoms with Crippen molar-refractivity contribution < 1.29 is 9.90 Å². The molecule has 1 aliphatic rings. The monoisotopic (exact) mass is 233 g/mol. The van der Waals surface area contributed by atoms with E-state index in [1.165, 1.54) is 0 Å². The third-order valence-electron chi connectivity index (χ3n) is 3.45. The van der Waals surface area contributed by atoms with Crippen molar-refractivity contribution in [3.05, 3.63) is 35.4 Å². The molecule has 2 atom stereocenters. The molecular formula is C14H19NO2. The van der Waals surface area contributed by atoms with Gasteiger partial charge in [-0.1, -0.05) is 36.2 Å². The largest absolute Gasteiger partial charge is 0.481 e. The SMILES string of the molecule is Cc1ccc(C(C(=O)O)C2CCCCN2)cc1. The molecular weight excluding hydrogens is 214 g/mol. The molecule has 1 aromatic carbocycles. The molecule has 0 saturated carbocycles. The minimum atomic E-state index is -0.728. The average molecular weight is 233 g/mol. The zero-order valence-electron chi connectivity index (χ0n) is 10.1. The number of carboxylic acids is 1. The molecule has 0 aromatic heterocycles. The van der Waals surface area contributed by atoms with E-state index in [0.29, 0.717) is 0 Å². The van der Waals surface area contributed by atoms with Crippen LogP contribution >= 0.6 is 0 Å². The third kappa shape index (κ3) is 2.86. The molecule has 1 saturated heterocycles. The van der Waals surface area contributed by atoms with Crippen LogP contribution in [0, 0.1) is 6.92 Å². The van der Waals surface area contributed by atoms with Crippen LogP contribution in [0.5, 0.6) is 0 Å². The zero-order valence-corrected chi connectivity index (χ0v) is 10.1. The summed E-state index contributed by atoms with van der Waals surface area (Å²) in [6.07, 6.45) is 3.22. The Kier molecular flexibility index (Phi) is 3.79. The van der Waals surface area contributed by atoms with Crippen molar-refractivity contribution in [1.29, 1.82) is 0 Å². The molecule has 0 spiro atoms. The van der Waals surface area contributed by atoms with Gasteiger partial charge in [0.25, 0.3) is 0 Å². The molecule has 1 fully saturated rings. The van der Waals surface area contributed by atoms with Gasteiger partial charge >= 0.3 is 5.97 Å². The molecule has 92 valence electrons. The van der Waals surface area contributed by atoms with Gasteiger partial charge in [0.1, 0.15) is 0 Å². The van der Waals surface area contributed by atoms with Gasteiger partial charge in [0.2, 0.25) is 0 Å². The first kappa shape index (κ1) is 12.1. The fraction of sp³-hybridized carbons (Fsp3) is 0.500. The highest BCUT2D eigenvalue weighted by atomic mass is 16.4. The lowest BCUT2D eigenvalue weighted by molar-refractivity contribution is -0.139. The van der Waals surface area contributed by atoms with Crippen LogP contribution in [0.2, 0.25) is 0 Å². The number of carbonyl (C=O) groups is 1. The number of aliphatic carboxylic acids is 1. The summed E-state index contributed by atoms with van der Waals surface area (Å²) in [5.74, 6) is -1.15. The van der Waals surface area contributed by atoms with Gasteiger partial charge in [-0.2, -0.15) is 0 Å². The summed E-state index contributed by atoms with van der Waals surface area (Å²) in [4.78, 5) is 11.4. The Morgan fingerprint density at radius 3 is 2.59 bits per heavy atom. The van der Waals surface area contributed by atoms with Crippen molar-refractivity contribution in [3.8, 4) is 0 Å².